The van der Waals surface area contributed by atoms with E-state index in [9.17, 15) is 9.59 Å². The average Bonchev–Trinajstić information content (AvgIpc) is 3.50. The van der Waals surface area contributed by atoms with Crippen molar-refractivity contribution in [3.8, 4) is 0 Å². The summed E-state index contributed by atoms with van der Waals surface area (Å²) in [5, 5.41) is 3.64. The summed E-state index contributed by atoms with van der Waals surface area (Å²) in [6.07, 6.45) is 10.5. The van der Waals surface area contributed by atoms with E-state index in [0.717, 1.165) is 43.4 Å². The maximum atomic E-state index is 13.5. The van der Waals surface area contributed by atoms with E-state index < -0.39 is 6.04 Å². The van der Waals surface area contributed by atoms with Crippen LogP contribution in [0.4, 0.5) is 0 Å². The summed E-state index contributed by atoms with van der Waals surface area (Å²) in [6.45, 7) is 1.16. The van der Waals surface area contributed by atoms with E-state index in [-0.39, 0.29) is 17.9 Å². The Balaban J connectivity index is 1.30. The summed E-state index contributed by atoms with van der Waals surface area (Å²) >= 11 is 6.15. The van der Waals surface area contributed by atoms with Gasteiger partial charge in [-0.2, -0.15) is 0 Å². The number of carbonyl (C=O) groups excluding carboxylic acids is 2. The molecule has 7 heteroatoms. The third kappa shape index (κ3) is 4.87. The van der Waals surface area contributed by atoms with Gasteiger partial charge in [0.1, 0.15) is 6.04 Å². The quantitative estimate of drug-likeness (QED) is 0.562. The first-order valence-electron chi connectivity index (χ1n) is 12.0. The van der Waals surface area contributed by atoms with Gasteiger partial charge in [0.25, 0.3) is 5.91 Å². The first kappa shape index (κ1) is 22.7. The summed E-state index contributed by atoms with van der Waals surface area (Å²) in [5.74, 6) is 0.204. The largest absolute Gasteiger partial charge is 0.350 e. The van der Waals surface area contributed by atoms with Crippen LogP contribution in [-0.2, 0) is 17.9 Å². The molecule has 3 atom stereocenters. The van der Waals surface area contributed by atoms with Crippen LogP contribution in [0.15, 0.2) is 67.3 Å². The van der Waals surface area contributed by atoms with Gasteiger partial charge < -0.3 is 14.8 Å². The smallest absolute Gasteiger partial charge is 0.254 e. The molecule has 176 valence electrons. The molecule has 1 aliphatic carbocycles. The summed E-state index contributed by atoms with van der Waals surface area (Å²) in [6, 6.07) is 14.9. The number of carbonyl (C=O) groups is 2. The molecule has 34 heavy (non-hydrogen) atoms. The monoisotopic (exact) mass is 476 g/mol. The Hall–Kier alpha value is -3.12. The number of amides is 2. The molecule has 0 bridgehead atoms. The lowest BCUT2D eigenvalue weighted by atomic mass is 9.84. The van der Waals surface area contributed by atoms with Crippen LogP contribution in [0.25, 0.3) is 0 Å². The van der Waals surface area contributed by atoms with E-state index >= 15 is 0 Å². The number of halogens is 1. The minimum atomic E-state index is -0.450. The van der Waals surface area contributed by atoms with Crippen LogP contribution in [0.5, 0.6) is 0 Å². The molecule has 5 rings (SSSR count). The molecule has 1 saturated heterocycles. The van der Waals surface area contributed by atoms with Crippen molar-refractivity contribution in [3.63, 3.8) is 0 Å². The molecule has 1 saturated carbocycles. The highest BCUT2D eigenvalue weighted by atomic mass is 35.5. The third-order valence-electron chi connectivity index (χ3n) is 7.08. The van der Waals surface area contributed by atoms with Crippen molar-refractivity contribution in [1.29, 1.82) is 0 Å². The topological polar surface area (TPSA) is 67.2 Å². The molecule has 1 aliphatic heterocycles. The van der Waals surface area contributed by atoms with Gasteiger partial charge in [0.05, 0.1) is 6.33 Å². The zero-order chi connectivity index (χ0) is 23.5. The minimum absolute atomic E-state index is 0.0789. The van der Waals surface area contributed by atoms with Gasteiger partial charge in [0.2, 0.25) is 5.91 Å². The zero-order valence-electron chi connectivity index (χ0n) is 19.1. The molecule has 2 amide bonds. The number of aromatic nitrogens is 2. The molecule has 2 fully saturated rings. The molecule has 0 unspecified atom stereocenters. The number of fused-ring (bicyclic) bond motifs is 1. The molecule has 0 radical (unpaired) electrons. The van der Waals surface area contributed by atoms with Crippen molar-refractivity contribution in [1.82, 2.24) is 19.8 Å². The van der Waals surface area contributed by atoms with E-state index in [2.05, 4.69) is 22.4 Å². The molecule has 6 nitrogen and oxygen atoms in total. The Labute approximate surface area is 204 Å². The Bertz CT molecular complexity index is 1160. The highest BCUT2D eigenvalue weighted by molar-refractivity contribution is 6.31. The Morgan fingerprint density at radius 1 is 1.06 bits per heavy atom. The van der Waals surface area contributed by atoms with Crippen molar-refractivity contribution in [2.24, 2.45) is 5.92 Å². The second-order valence-electron chi connectivity index (χ2n) is 9.36. The number of hydrogen-bond acceptors (Lipinski definition) is 3. The summed E-state index contributed by atoms with van der Waals surface area (Å²) in [7, 11) is 0. The first-order valence-corrected chi connectivity index (χ1v) is 12.4. The van der Waals surface area contributed by atoms with E-state index in [1.165, 1.54) is 6.42 Å². The van der Waals surface area contributed by atoms with E-state index in [1.807, 2.05) is 27.8 Å². The van der Waals surface area contributed by atoms with Crippen LogP contribution < -0.4 is 5.32 Å². The lowest BCUT2D eigenvalue weighted by Gasteiger charge is -2.33. The summed E-state index contributed by atoms with van der Waals surface area (Å²) in [4.78, 5) is 32.8. The van der Waals surface area contributed by atoms with Crippen LogP contribution in [0.2, 0.25) is 5.02 Å². The Kier molecular flexibility index (Phi) is 6.68. The van der Waals surface area contributed by atoms with Crippen molar-refractivity contribution >= 4 is 23.4 Å². The summed E-state index contributed by atoms with van der Waals surface area (Å²) in [5.41, 5.74) is 2.73. The molecule has 1 N–H and O–H groups in total. The predicted molar refractivity (Wildman–Crippen MR) is 131 cm³/mol. The number of likely N-dealkylation sites (tertiary alicyclic amines) is 1. The standard InChI is InChI=1S/C27H29ClN4O2/c28-23-9-4-8-22(14-23)27(34)32-24-10-2-1-7-21(24)15-25(32)26(33)30-16-19-5-3-6-20(13-19)17-31-12-11-29-18-31/h3-6,8-9,11-14,18,21,24-25H,1-2,7,10,15-17H2,(H,30,33)/t21-,24-,25-/m0/s1. The van der Waals surface area contributed by atoms with Crippen LogP contribution in [0, 0.1) is 5.92 Å². The molecule has 1 aromatic heterocycles. The fourth-order valence-electron chi connectivity index (χ4n) is 5.49. The van der Waals surface area contributed by atoms with Gasteiger partial charge >= 0.3 is 0 Å². The van der Waals surface area contributed by atoms with Gasteiger partial charge in [-0.05, 0) is 54.5 Å². The van der Waals surface area contributed by atoms with Crippen LogP contribution in [-0.4, -0.2) is 38.3 Å². The number of rotatable bonds is 6. The molecule has 2 aromatic carbocycles. The fourth-order valence-corrected chi connectivity index (χ4v) is 5.68. The molecule has 3 aromatic rings. The van der Waals surface area contributed by atoms with Gasteiger partial charge in [-0.1, -0.05) is 54.8 Å². The second-order valence-corrected chi connectivity index (χ2v) is 9.80. The minimum Gasteiger partial charge on any atom is -0.350 e. The maximum Gasteiger partial charge on any atom is 0.254 e. The van der Waals surface area contributed by atoms with Gasteiger partial charge in [0, 0.05) is 42.1 Å². The number of nitrogens with zero attached hydrogens (tertiary/aromatic N) is 3. The lowest BCUT2D eigenvalue weighted by Crippen LogP contribution is -2.49. The fraction of sp³-hybridized carbons (Fsp3) is 0.370. The molecular formula is C27H29ClN4O2. The zero-order valence-corrected chi connectivity index (χ0v) is 19.8. The average molecular weight is 477 g/mol. The van der Waals surface area contributed by atoms with Crippen molar-refractivity contribution < 1.29 is 9.59 Å². The number of imidazole rings is 1. The highest BCUT2D eigenvalue weighted by Crippen LogP contribution is 2.40. The normalized spacial score (nSPS) is 21.8. The third-order valence-corrected chi connectivity index (χ3v) is 7.31. The molecule has 2 aliphatic rings. The number of nitrogens with one attached hydrogen (secondary N) is 1. The van der Waals surface area contributed by atoms with Gasteiger partial charge in [0.15, 0.2) is 0 Å². The molecular weight excluding hydrogens is 448 g/mol. The second kappa shape index (κ2) is 10.0. The van der Waals surface area contributed by atoms with E-state index in [1.54, 1.807) is 36.8 Å². The Morgan fingerprint density at radius 2 is 1.88 bits per heavy atom. The maximum absolute atomic E-state index is 13.5. The van der Waals surface area contributed by atoms with Crippen molar-refractivity contribution in [2.75, 3.05) is 0 Å². The van der Waals surface area contributed by atoms with E-state index in [0.29, 0.717) is 23.0 Å². The SMILES string of the molecule is O=C(NCc1cccc(Cn2ccnc2)c1)[C@@H]1C[C@@H]2CCCC[C@@H]2N1C(=O)c1cccc(Cl)c1. The molecule has 0 spiro atoms. The highest BCUT2D eigenvalue weighted by Gasteiger charge is 2.47. The Morgan fingerprint density at radius 3 is 2.71 bits per heavy atom. The first-order chi connectivity index (χ1) is 16.6. The van der Waals surface area contributed by atoms with Gasteiger partial charge in [-0.25, -0.2) is 4.98 Å². The lowest BCUT2D eigenvalue weighted by molar-refractivity contribution is -0.125. The van der Waals surface area contributed by atoms with Crippen LogP contribution >= 0.6 is 11.6 Å². The van der Waals surface area contributed by atoms with Crippen LogP contribution in [0.1, 0.15) is 53.6 Å². The number of hydrogen-bond donors (Lipinski definition) is 1. The predicted octanol–water partition coefficient (Wildman–Crippen LogP) is 4.67. The van der Waals surface area contributed by atoms with E-state index in [4.69, 9.17) is 11.6 Å². The molecule has 2 heterocycles. The van der Waals surface area contributed by atoms with Crippen molar-refractivity contribution in [3.05, 3.63) is 89.0 Å². The van der Waals surface area contributed by atoms with Gasteiger partial charge in [-0.15, -0.1) is 0 Å². The van der Waals surface area contributed by atoms with Gasteiger partial charge in [-0.3, -0.25) is 9.59 Å². The van der Waals surface area contributed by atoms with Crippen LogP contribution in [0.3, 0.4) is 0 Å². The summed E-state index contributed by atoms with van der Waals surface area (Å²) < 4.78 is 2.01. The van der Waals surface area contributed by atoms with Crippen molar-refractivity contribution in [2.45, 2.75) is 57.3 Å². The number of benzene rings is 2.